The predicted molar refractivity (Wildman–Crippen MR) is 96.9 cm³/mol. The summed E-state index contributed by atoms with van der Waals surface area (Å²) in [4.78, 5) is 12.0. The summed E-state index contributed by atoms with van der Waals surface area (Å²) in [6, 6.07) is 15.5. The first kappa shape index (κ1) is 17.4. The standard InChI is InChI=1S/C19H23ClN2O/c1-19(2,3)16-6-4-5-7-17(16)21-13-18(23)22-12-14-8-10-15(20)11-9-14/h4-11,21H,12-13H2,1-3H3,(H,22,23). The van der Waals surface area contributed by atoms with Crippen LogP contribution in [-0.2, 0) is 16.8 Å². The summed E-state index contributed by atoms with van der Waals surface area (Å²) in [7, 11) is 0. The SMILES string of the molecule is CC(C)(C)c1ccccc1NCC(=O)NCc1ccc(Cl)cc1. The number of carbonyl (C=O) groups excluding carboxylic acids is 1. The summed E-state index contributed by atoms with van der Waals surface area (Å²) in [5.74, 6) is -0.0383. The number of carbonyl (C=O) groups is 1. The lowest BCUT2D eigenvalue weighted by atomic mass is 9.86. The van der Waals surface area contributed by atoms with Gasteiger partial charge < -0.3 is 10.6 Å². The molecule has 0 atom stereocenters. The Bertz CT molecular complexity index is 660. The van der Waals surface area contributed by atoms with E-state index in [2.05, 4.69) is 37.5 Å². The van der Waals surface area contributed by atoms with Crippen molar-refractivity contribution in [1.29, 1.82) is 0 Å². The van der Waals surface area contributed by atoms with Gasteiger partial charge in [0.2, 0.25) is 5.91 Å². The molecule has 0 saturated heterocycles. The Balaban J connectivity index is 1.89. The van der Waals surface area contributed by atoms with Gasteiger partial charge in [-0.25, -0.2) is 0 Å². The number of para-hydroxylation sites is 1. The minimum atomic E-state index is -0.0383. The normalized spacial score (nSPS) is 11.1. The molecule has 0 fully saturated rings. The van der Waals surface area contributed by atoms with Crippen LogP contribution in [0, 0.1) is 0 Å². The number of hydrogen-bond donors (Lipinski definition) is 2. The quantitative estimate of drug-likeness (QED) is 0.855. The molecule has 2 rings (SSSR count). The fourth-order valence-corrected chi connectivity index (χ4v) is 2.46. The van der Waals surface area contributed by atoms with Crippen LogP contribution in [0.1, 0.15) is 31.9 Å². The van der Waals surface area contributed by atoms with Gasteiger partial charge >= 0.3 is 0 Å². The number of halogens is 1. The number of benzene rings is 2. The molecule has 3 nitrogen and oxygen atoms in total. The van der Waals surface area contributed by atoms with Crippen LogP contribution >= 0.6 is 11.6 Å². The zero-order valence-electron chi connectivity index (χ0n) is 13.8. The molecule has 0 aliphatic rings. The Hall–Kier alpha value is -2.00. The van der Waals surface area contributed by atoms with Gasteiger partial charge in [-0.15, -0.1) is 0 Å². The van der Waals surface area contributed by atoms with E-state index in [-0.39, 0.29) is 17.9 Å². The predicted octanol–water partition coefficient (Wildman–Crippen LogP) is 4.37. The van der Waals surface area contributed by atoms with Crippen LogP contribution < -0.4 is 10.6 Å². The molecule has 0 saturated carbocycles. The summed E-state index contributed by atoms with van der Waals surface area (Å²) >= 11 is 5.85. The van der Waals surface area contributed by atoms with Gasteiger partial charge in [0.15, 0.2) is 0 Å². The molecular weight excluding hydrogens is 308 g/mol. The molecule has 2 aromatic carbocycles. The maximum Gasteiger partial charge on any atom is 0.239 e. The smallest absolute Gasteiger partial charge is 0.239 e. The first-order valence-electron chi connectivity index (χ1n) is 7.71. The van der Waals surface area contributed by atoms with E-state index in [1.165, 1.54) is 5.56 Å². The molecule has 2 N–H and O–H groups in total. The highest BCUT2D eigenvalue weighted by Gasteiger charge is 2.17. The molecule has 0 bridgehead atoms. The van der Waals surface area contributed by atoms with Crippen LogP contribution in [0.2, 0.25) is 5.02 Å². The maximum absolute atomic E-state index is 12.0. The molecule has 122 valence electrons. The Morgan fingerprint density at radius 1 is 1.04 bits per heavy atom. The van der Waals surface area contributed by atoms with Crippen molar-refractivity contribution in [3.05, 3.63) is 64.7 Å². The lowest BCUT2D eigenvalue weighted by Crippen LogP contribution is -2.30. The highest BCUT2D eigenvalue weighted by Crippen LogP contribution is 2.28. The zero-order valence-corrected chi connectivity index (χ0v) is 14.6. The average molecular weight is 331 g/mol. The van der Waals surface area contributed by atoms with Gasteiger partial charge in [-0.05, 0) is 34.7 Å². The second-order valence-electron chi connectivity index (χ2n) is 6.55. The largest absolute Gasteiger partial charge is 0.376 e. The minimum absolute atomic E-state index is 0.0311. The Morgan fingerprint density at radius 3 is 2.35 bits per heavy atom. The topological polar surface area (TPSA) is 41.1 Å². The number of nitrogens with one attached hydrogen (secondary N) is 2. The van der Waals surface area contributed by atoms with Crippen molar-refractivity contribution >= 4 is 23.2 Å². The van der Waals surface area contributed by atoms with Crippen LogP contribution in [-0.4, -0.2) is 12.5 Å². The first-order valence-corrected chi connectivity index (χ1v) is 8.08. The summed E-state index contributed by atoms with van der Waals surface area (Å²) in [5.41, 5.74) is 3.26. The van der Waals surface area contributed by atoms with Gasteiger partial charge in [-0.3, -0.25) is 4.79 Å². The number of anilines is 1. The average Bonchev–Trinajstić information content (AvgIpc) is 2.52. The van der Waals surface area contributed by atoms with E-state index in [1.54, 1.807) is 0 Å². The summed E-state index contributed by atoms with van der Waals surface area (Å²) in [6.07, 6.45) is 0. The van der Waals surface area contributed by atoms with Crippen molar-refractivity contribution in [3.8, 4) is 0 Å². The highest BCUT2D eigenvalue weighted by atomic mass is 35.5. The second kappa shape index (κ2) is 7.51. The third-order valence-corrected chi connectivity index (χ3v) is 3.83. The van der Waals surface area contributed by atoms with Crippen molar-refractivity contribution in [2.24, 2.45) is 0 Å². The fourth-order valence-electron chi connectivity index (χ4n) is 2.33. The summed E-state index contributed by atoms with van der Waals surface area (Å²) < 4.78 is 0. The molecule has 4 heteroatoms. The van der Waals surface area contributed by atoms with E-state index in [0.29, 0.717) is 11.6 Å². The van der Waals surface area contributed by atoms with Crippen LogP contribution in [0.15, 0.2) is 48.5 Å². The molecule has 0 spiro atoms. The maximum atomic E-state index is 12.0. The molecule has 2 aromatic rings. The van der Waals surface area contributed by atoms with Crippen molar-refractivity contribution < 1.29 is 4.79 Å². The molecule has 0 radical (unpaired) electrons. The molecule has 1 amide bonds. The van der Waals surface area contributed by atoms with Gasteiger partial charge in [-0.1, -0.05) is 62.7 Å². The van der Waals surface area contributed by atoms with Gasteiger partial charge in [0.25, 0.3) is 0 Å². The molecule has 0 heterocycles. The molecule has 0 aromatic heterocycles. The van der Waals surface area contributed by atoms with Crippen molar-refractivity contribution in [3.63, 3.8) is 0 Å². The van der Waals surface area contributed by atoms with Crippen molar-refractivity contribution in [2.75, 3.05) is 11.9 Å². The van der Waals surface area contributed by atoms with E-state index in [4.69, 9.17) is 11.6 Å². The van der Waals surface area contributed by atoms with E-state index in [0.717, 1.165) is 11.3 Å². The van der Waals surface area contributed by atoms with Crippen LogP contribution in [0.3, 0.4) is 0 Å². The number of rotatable bonds is 5. The second-order valence-corrected chi connectivity index (χ2v) is 6.99. The number of amides is 1. The van der Waals surface area contributed by atoms with E-state index < -0.39 is 0 Å². The Morgan fingerprint density at radius 2 is 1.70 bits per heavy atom. The van der Waals surface area contributed by atoms with E-state index >= 15 is 0 Å². The van der Waals surface area contributed by atoms with Gasteiger partial charge in [0.05, 0.1) is 6.54 Å². The van der Waals surface area contributed by atoms with Crippen molar-refractivity contribution in [1.82, 2.24) is 5.32 Å². The minimum Gasteiger partial charge on any atom is -0.376 e. The third kappa shape index (κ3) is 5.29. The van der Waals surface area contributed by atoms with E-state index in [9.17, 15) is 4.79 Å². The fraction of sp³-hybridized carbons (Fsp3) is 0.316. The summed E-state index contributed by atoms with van der Waals surface area (Å²) in [6.45, 7) is 7.23. The first-order chi connectivity index (χ1) is 10.9. The van der Waals surface area contributed by atoms with E-state index in [1.807, 2.05) is 42.5 Å². The van der Waals surface area contributed by atoms with Crippen LogP contribution in [0.4, 0.5) is 5.69 Å². The van der Waals surface area contributed by atoms with Crippen LogP contribution in [0.5, 0.6) is 0 Å². The molecule has 0 aliphatic heterocycles. The summed E-state index contributed by atoms with van der Waals surface area (Å²) in [5, 5.41) is 6.83. The molecule has 0 aliphatic carbocycles. The Labute approximate surface area is 143 Å². The Kier molecular flexibility index (Phi) is 5.67. The van der Waals surface area contributed by atoms with Gasteiger partial charge in [-0.2, -0.15) is 0 Å². The monoisotopic (exact) mass is 330 g/mol. The lowest BCUT2D eigenvalue weighted by molar-refractivity contribution is -0.119. The third-order valence-electron chi connectivity index (χ3n) is 3.58. The van der Waals surface area contributed by atoms with Crippen molar-refractivity contribution in [2.45, 2.75) is 32.7 Å². The lowest BCUT2D eigenvalue weighted by Gasteiger charge is -2.23. The molecule has 23 heavy (non-hydrogen) atoms. The zero-order chi connectivity index (χ0) is 16.9. The highest BCUT2D eigenvalue weighted by molar-refractivity contribution is 6.30. The van der Waals surface area contributed by atoms with Gasteiger partial charge in [0, 0.05) is 17.3 Å². The van der Waals surface area contributed by atoms with Crippen LogP contribution in [0.25, 0.3) is 0 Å². The molecular formula is C19H23ClN2O. The van der Waals surface area contributed by atoms with Gasteiger partial charge in [0.1, 0.15) is 0 Å². The molecule has 0 unspecified atom stereocenters. The number of hydrogen-bond acceptors (Lipinski definition) is 2.